The lowest BCUT2D eigenvalue weighted by Crippen LogP contribution is -2.40. The number of pyridine rings is 1. The average Bonchev–Trinajstić information content (AvgIpc) is 2.50. The Kier molecular flexibility index (Phi) is 5.57. The van der Waals surface area contributed by atoms with Crippen LogP contribution in [0.15, 0.2) is 34.5 Å². The van der Waals surface area contributed by atoms with Crippen molar-refractivity contribution in [2.75, 3.05) is 25.0 Å². The van der Waals surface area contributed by atoms with Crippen molar-refractivity contribution in [1.29, 1.82) is 0 Å². The topological polar surface area (TPSA) is 70.0 Å². The molecule has 0 radical (unpaired) electrons. The molecule has 0 saturated carbocycles. The van der Waals surface area contributed by atoms with E-state index in [2.05, 4.69) is 31.9 Å². The minimum Gasteiger partial charge on any atom is -0.324 e. The van der Waals surface area contributed by atoms with Crippen molar-refractivity contribution < 1.29 is 4.79 Å². The van der Waals surface area contributed by atoms with E-state index in [4.69, 9.17) is 0 Å². The Morgan fingerprint density at radius 1 is 1.52 bits per heavy atom. The van der Waals surface area contributed by atoms with Crippen LogP contribution in [0.5, 0.6) is 0 Å². The number of amidine groups is 1. The van der Waals surface area contributed by atoms with Gasteiger partial charge in [-0.05, 0) is 38.6 Å². The van der Waals surface area contributed by atoms with E-state index in [-0.39, 0.29) is 5.91 Å². The molecular formula is C15H21N5O. The first-order valence-electron chi connectivity index (χ1n) is 7.10. The molecule has 1 aliphatic rings. The van der Waals surface area contributed by atoms with Gasteiger partial charge in [0.05, 0.1) is 24.5 Å². The van der Waals surface area contributed by atoms with Gasteiger partial charge in [-0.1, -0.05) is 0 Å². The predicted molar refractivity (Wildman–Crippen MR) is 85.0 cm³/mol. The van der Waals surface area contributed by atoms with Crippen molar-refractivity contribution in [2.45, 2.75) is 25.8 Å². The molecule has 0 spiro atoms. The van der Waals surface area contributed by atoms with E-state index in [1.54, 1.807) is 18.5 Å². The van der Waals surface area contributed by atoms with Gasteiger partial charge in [-0.15, -0.1) is 0 Å². The van der Waals surface area contributed by atoms with Crippen LogP contribution in [-0.2, 0) is 4.79 Å². The number of hydrogen-bond donors (Lipinski definition) is 1. The molecule has 0 bridgehead atoms. The summed E-state index contributed by atoms with van der Waals surface area (Å²) in [6.07, 6.45) is 5.23. The van der Waals surface area contributed by atoms with Crippen molar-refractivity contribution in [1.82, 2.24) is 9.88 Å². The van der Waals surface area contributed by atoms with Gasteiger partial charge in [0.25, 0.3) is 0 Å². The van der Waals surface area contributed by atoms with E-state index in [9.17, 15) is 4.79 Å². The molecule has 1 aliphatic heterocycles. The van der Waals surface area contributed by atoms with Crippen LogP contribution >= 0.6 is 0 Å². The summed E-state index contributed by atoms with van der Waals surface area (Å²) in [6.45, 7) is 7.49. The molecule has 0 atom stereocenters. The highest BCUT2D eigenvalue weighted by molar-refractivity contribution is 5.92. The van der Waals surface area contributed by atoms with Gasteiger partial charge in [-0.2, -0.15) is 0 Å². The maximum absolute atomic E-state index is 12.0. The van der Waals surface area contributed by atoms with Crippen LogP contribution in [-0.4, -0.2) is 54.0 Å². The van der Waals surface area contributed by atoms with Gasteiger partial charge in [-0.3, -0.25) is 19.7 Å². The van der Waals surface area contributed by atoms with Crippen LogP contribution in [0, 0.1) is 0 Å². The van der Waals surface area contributed by atoms with Crippen LogP contribution in [0.3, 0.4) is 0 Å². The highest BCUT2D eigenvalue weighted by Crippen LogP contribution is 2.14. The Morgan fingerprint density at radius 3 is 2.90 bits per heavy atom. The normalized spacial score (nSPS) is 17.5. The van der Waals surface area contributed by atoms with Gasteiger partial charge >= 0.3 is 0 Å². The number of amides is 1. The van der Waals surface area contributed by atoms with Gasteiger partial charge in [0.1, 0.15) is 5.84 Å². The van der Waals surface area contributed by atoms with E-state index >= 15 is 0 Å². The van der Waals surface area contributed by atoms with Crippen LogP contribution in [0.25, 0.3) is 0 Å². The number of anilines is 1. The fourth-order valence-electron chi connectivity index (χ4n) is 2.35. The Labute approximate surface area is 125 Å². The summed E-state index contributed by atoms with van der Waals surface area (Å²) < 4.78 is 0. The number of nitrogens with one attached hydrogen (secondary N) is 1. The van der Waals surface area contributed by atoms with Gasteiger partial charge in [-0.25, -0.2) is 4.99 Å². The second-order valence-electron chi connectivity index (χ2n) is 5.13. The Morgan fingerprint density at radius 2 is 2.29 bits per heavy atom. The Balaban J connectivity index is 1.76. The standard InChI is InChI=1S/C15H21N5O/c1-12(16-2)18-13-5-8-20(9-6-13)11-15(21)19-14-4-3-7-17-10-14/h3-4,7,10,13H,2,5-6,8-9,11H2,1H3,(H,19,21). The summed E-state index contributed by atoms with van der Waals surface area (Å²) in [5, 5.41) is 2.85. The molecule has 1 fully saturated rings. The molecule has 1 aromatic rings. The molecule has 0 aromatic carbocycles. The number of rotatable bonds is 4. The summed E-state index contributed by atoms with van der Waals surface area (Å²) in [6, 6.07) is 3.93. The minimum atomic E-state index is -0.00566. The Bertz CT molecular complexity index is 506. The molecule has 2 heterocycles. The van der Waals surface area contributed by atoms with Crippen LogP contribution in [0.2, 0.25) is 0 Å². The molecule has 1 amide bonds. The highest BCUT2D eigenvalue weighted by atomic mass is 16.2. The van der Waals surface area contributed by atoms with Gasteiger partial charge in [0, 0.05) is 19.3 Å². The summed E-state index contributed by atoms with van der Waals surface area (Å²) >= 11 is 0. The molecule has 0 unspecified atom stereocenters. The van der Waals surface area contributed by atoms with Crippen molar-refractivity contribution in [3.63, 3.8) is 0 Å². The van der Waals surface area contributed by atoms with Gasteiger partial charge in [0.2, 0.25) is 5.91 Å². The minimum absolute atomic E-state index is 0.00566. The van der Waals surface area contributed by atoms with E-state index in [1.165, 1.54) is 0 Å². The second-order valence-corrected chi connectivity index (χ2v) is 5.13. The number of hydrogen-bond acceptors (Lipinski definition) is 4. The van der Waals surface area contributed by atoms with Gasteiger partial charge in [0.15, 0.2) is 0 Å². The summed E-state index contributed by atoms with van der Waals surface area (Å²) in [5.74, 6) is 0.733. The average molecular weight is 287 g/mol. The van der Waals surface area contributed by atoms with Gasteiger partial charge < -0.3 is 5.32 Å². The van der Waals surface area contributed by atoms with Crippen molar-refractivity contribution in [3.8, 4) is 0 Å². The molecule has 1 N–H and O–H groups in total. The molecule has 1 aromatic heterocycles. The molecule has 112 valence electrons. The fraction of sp³-hybridized carbons (Fsp3) is 0.467. The third-order valence-corrected chi connectivity index (χ3v) is 3.47. The van der Waals surface area contributed by atoms with Crippen molar-refractivity contribution in [2.24, 2.45) is 9.98 Å². The van der Waals surface area contributed by atoms with Crippen molar-refractivity contribution >= 4 is 24.1 Å². The van der Waals surface area contributed by atoms with E-state index in [1.807, 2.05) is 13.0 Å². The lowest BCUT2D eigenvalue weighted by atomic mass is 10.1. The predicted octanol–water partition coefficient (Wildman–Crippen LogP) is 1.60. The zero-order valence-electron chi connectivity index (χ0n) is 12.3. The summed E-state index contributed by atoms with van der Waals surface area (Å²) in [5.41, 5.74) is 0.731. The molecule has 6 heteroatoms. The fourth-order valence-corrected chi connectivity index (χ4v) is 2.35. The number of nitrogens with zero attached hydrogens (tertiary/aromatic N) is 4. The maximum atomic E-state index is 12.0. The quantitative estimate of drug-likeness (QED) is 0.675. The maximum Gasteiger partial charge on any atom is 0.238 e. The largest absolute Gasteiger partial charge is 0.324 e. The van der Waals surface area contributed by atoms with Crippen molar-refractivity contribution in [3.05, 3.63) is 24.5 Å². The first-order valence-corrected chi connectivity index (χ1v) is 7.10. The molecule has 0 aliphatic carbocycles. The lowest BCUT2D eigenvalue weighted by Gasteiger charge is -2.29. The third kappa shape index (κ3) is 5.07. The van der Waals surface area contributed by atoms with Crippen LogP contribution in [0.4, 0.5) is 5.69 Å². The number of carbonyl (C=O) groups is 1. The molecule has 21 heavy (non-hydrogen) atoms. The monoisotopic (exact) mass is 287 g/mol. The first kappa shape index (κ1) is 15.3. The zero-order chi connectivity index (χ0) is 15.1. The Hall–Kier alpha value is -2.08. The summed E-state index contributed by atoms with van der Waals surface area (Å²) in [4.78, 5) is 26.4. The number of likely N-dealkylation sites (tertiary alicyclic amines) is 1. The number of aliphatic imine (C=N–C) groups is 2. The molecular weight excluding hydrogens is 266 g/mol. The van der Waals surface area contributed by atoms with Crippen LogP contribution in [0.1, 0.15) is 19.8 Å². The smallest absolute Gasteiger partial charge is 0.238 e. The van der Waals surface area contributed by atoms with E-state index in [0.717, 1.165) is 37.5 Å². The SMILES string of the molecule is C=NC(C)=NC1CCN(CC(=O)Nc2cccnc2)CC1. The van der Waals surface area contributed by atoms with E-state index in [0.29, 0.717) is 12.6 Å². The van der Waals surface area contributed by atoms with E-state index < -0.39 is 0 Å². The number of piperidine rings is 1. The molecule has 1 saturated heterocycles. The number of carbonyl (C=O) groups excluding carboxylic acids is 1. The second kappa shape index (κ2) is 7.64. The number of aromatic nitrogens is 1. The molecule has 2 rings (SSSR count). The highest BCUT2D eigenvalue weighted by Gasteiger charge is 2.20. The summed E-state index contributed by atoms with van der Waals surface area (Å²) in [7, 11) is 0. The lowest BCUT2D eigenvalue weighted by molar-refractivity contribution is -0.117. The third-order valence-electron chi connectivity index (χ3n) is 3.47. The zero-order valence-corrected chi connectivity index (χ0v) is 12.3. The van der Waals surface area contributed by atoms with Crippen LogP contribution < -0.4 is 5.32 Å². The molecule has 6 nitrogen and oxygen atoms in total. The first-order chi connectivity index (χ1) is 10.2.